The largest absolute Gasteiger partial charge is 0.370 e. The summed E-state index contributed by atoms with van der Waals surface area (Å²) in [6.07, 6.45) is 2.59. The first-order chi connectivity index (χ1) is 4.20. The lowest BCUT2D eigenvalue weighted by molar-refractivity contribution is 0.0914. The van der Waals surface area contributed by atoms with Gasteiger partial charge in [-0.2, -0.15) is 0 Å². The quantitative estimate of drug-likeness (QED) is 0.488. The first-order valence-electron chi connectivity index (χ1n) is 3.49. The molecule has 0 saturated heterocycles. The number of rotatable bonds is 1. The van der Waals surface area contributed by atoms with Gasteiger partial charge in [-0.15, -0.1) is 0 Å². The molecule has 0 aliphatic carbocycles. The van der Waals surface area contributed by atoms with E-state index in [2.05, 4.69) is 26.8 Å². The first-order valence-corrected chi connectivity index (χ1v) is 3.49. The summed E-state index contributed by atoms with van der Waals surface area (Å²) in [6, 6.07) is 0. The molecule has 1 nitrogen and oxygen atoms in total. The van der Waals surface area contributed by atoms with Gasteiger partial charge in [-0.1, -0.05) is 19.9 Å². The fourth-order valence-electron chi connectivity index (χ4n) is 0.989. The lowest BCUT2D eigenvalue weighted by atomic mass is 10.1. The van der Waals surface area contributed by atoms with Crippen molar-refractivity contribution in [1.29, 1.82) is 0 Å². The second-order valence-corrected chi connectivity index (χ2v) is 3.03. The van der Waals surface area contributed by atoms with Crippen molar-refractivity contribution in [2.45, 2.75) is 26.9 Å². The molecule has 52 valence electrons. The van der Waals surface area contributed by atoms with Gasteiger partial charge in [0.05, 0.1) is 12.7 Å². The Labute approximate surface area is 56.7 Å². The van der Waals surface area contributed by atoms with Crippen molar-refractivity contribution in [3.8, 4) is 0 Å². The summed E-state index contributed by atoms with van der Waals surface area (Å²) in [5.41, 5.74) is 1.37. The molecule has 0 spiro atoms. The third-order valence-electron chi connectivity index (χ3n) is 1.61. The van der Waals surface area contributed by atoms with E-state index in [-0.39, 0.29) is 0 Å². The van der Waals surface area contributed by atoms with Crippen molar-refractivity contribution < 1.29 is 4.74 Å². The van der Waals surface area contributed by atoms with Gasteiger partial charge in [0.1, 0.15) is 0 Å². The van der Waals surface area contributed by atoms with Crippen molar-refractivity contribution in [3.05, 3.63) is 11.6 Å². The van der Waals surface area contributed by atoms with E-state index in [0.717, 1.165) is 6.61 Å². The number of ether oxygens (including phenoxy) is 1. The van der Waals surface area contributed by atoms with Crippen LogP contribution in [0.4, 0.5) is 0 Å². The minimum Gasteiger partial charge on any atom is -0.370 e. The second kappa shape index (κ2) is 2.53. The molecule has 0 N–H and O–H groups in total. The summed E-state index contributed by atoms with van der Waals surface area (Å²) < 4.78 is 5.43. The van der Waals surface area contributed by atoms with E-state index in [1.165, 1.54) is 5.57 Å². The smallest absolute Gasteiger partial charge is 0.0786 e. The molecule has 1 heteroatoms. The van der Waals surface area contributed by atoms with Crippen LogP contribution >= 0.6 is 0 Å². The summed E-state index contributed by atoms with van der Waals surface area (Å²) in [6.45, 7) is 7.31. The fraction of sp³-hybridized carbons (Fsp3) is 0.750. The minimum absolute atomic E-state index is 0.380. The van der Waals surface area contributed by atoms with Crippen LogP contribution in [-0.2, 0) is 4.74 Å². The predicted molar refractivity (Wildman–Crippen MR) is 38.3 cm³/mol. The third kappa shape index (κ3) is 1.55. The van der Waals surface area contributed by atoms with E-state index in [1.807, 2.05) is 0 Å². The molecule has 0 saturated carbocycles. The van der Waals surface area contributed by atoms with Crippen molar-refractivity contribution in [2.24, 2.45) is 5.92 Å². The molecular formula is C8H14O. The van der Waals surface area contributed by atoms with Crippen molar-refractivity contribution in [3.63, 3.8) is 0 Å². The SMILES string of the molecule is CC1=CC(C(C)C)OC1. The van der Waals surface area contributed by atoms with Crippen LogP contribution in [0.25, 0.3) is 0 Å². The highest BCUT2D eigenvalue weighted by atomic mass is 16.5. The Balaban J connectivity index is 2.47. The lowest BCUT2D eigenvalue weighted by Crippen LogP contribution is -2.11. The Kier molecular flexibility index (Phi) is 1.91. The zero-order chi connectivity index (χ0) is 6.85. The highest BCUT2D eigenvalue weighted by molar-refractivity contribution is 5.08. The van der Waals surface area contributed by atoms with Gasteiger partial charge in [0.25, 0.3) is 0 Å². The van der Waals surface area contributed by atoms with Gasteiger partial charge in [0.15, 0.2) is 0 Å². The van der Waals surface area contributed by atoms with Gasteiger partial charge in [0, 0.05) is 0 Å². The second-order valence-electron chi connectivity index (χ2n) is 3.03. The Hall–Kier alpha value is -0.300. The van der Waals surface area contributed by atoms with Crippen molar-refractivity contribution in [2.75, 3.05) is 6.61 Å². The van der Waals surface area contributed by atoms with Crippen molar-refractivity contribution in [1.82, 2.24) is 0 Å². The minimum atomic E-state index is 0.380. The fourth-order valence-corrected chi connectivity index (χ4v) is 0.989. The van der Waals surface area contributed by atoms with Gasteiger partial charge in [-0.25, -0.2) is 0 Å². The normalized spacial score (nSPS) is 27.1. The van der Waals surface area contributed by atoms with Gasteiger partial charge in [0.2, 0.25) is 0 Å². The van der Waals surface area contributed by atoms with Gasteiger partial charge >= 0.3 is 0 Å². The first kappa shape index (κ1) is 6.81. The third-order valence-corrected chi connectivity index (χ3v) is 1.61. The zero-order valence-electron chi connectivity index (χ0n) is 6.35. The average molecular weight is 126 g/mol. The average Bonchev–Trinajstić information content (AvgIpc) is 2.14. The maximum Gasteiger partial charge on any atom is 0.0786 e. The topological polar surface area (TPSA) is 9.23 Å². The molecule has 1 unspecified atom stereocenters. The zero-order valence-corrected chi connectivity index (χ0v) is 6.35. The highest BCUT2D eigenvalue weighted by Crippen LogP contribution is 2.17. The molecule has 0 fully saturated rings. The molecule has 0 amide bonds. The summed E-state index contributed by atoms with van der Waals surface area (Å²) in [5.74, 6) is 0.627. The van der Waals surface area contributed by atoms with Crippen LogP contribution in [0, 0.1) is 5.92 Å². The van der Waals surface area contributed by atoms with Gasteiger partial charge in [-0.05, 0) is 18.4 Å². The van der Waals surface area contributed by atoms with Crippen LogP contribution in [0.3, 0.4) is 0 Å². The molecule has 1 rings (SSSR count). The Bertz CT molecular complexity index is 125. The summed E-state index contributed by atoms with van der Waals surface area (Å²) in [7, 11) is 0. The molecule has 0 aromatic carbocycles. The molecule has 0 aromatic heterocycles. The summed E-state index contributed by atoms with van der Waals surface area (Å²) >= 11 is 0. The number of hydrogen-bond donors (Lipinski definition) is 0. The standard InChI is InChI=1S/C8H14O/c1-6(2)8-4-7(3)5-9-8/h4,6,8H,5H2,1-3H3. The van der Waals surface area contributed by atoms with Crippen LogP contribution in [0.1, 0.15) is 20.8 Å². The molecule has 1 heterocycles. The van der Waals surface area contributed by atoms with E-state index in [9.17, 15) is 0 Å². The predicted octanol–water partition coefficient (Wildman–Crippen LogP) is 1.99. The van der Waals surface area contributed by atoms with Crippen LogP contribution in [0.5, 0.6) is 0 Å². The summed E-state index contributed by atoms with van der Waals surface area (Å²) in [5, 5.41) is 0. The van der Waals surface area contributed by atoms with E-state index in [0.29, 0.717) is 12.0 Å². The van der Waals surface area contributed by atoms with E-state index in [4.69, 9.17) is 4.74 Å². The Morgan fingerprint density at radius 2 is 2.33 bits per heavy atom. The maximum atomic E-state index is 5.43. The van der Waals surface area contributed by atoms with E-state index in [1.54, 1.807) is 0 Å². The lowest BCUT2D eigenvalue weighted by Gasteiger charge is -2.10. The Morgan fingerprint density at radius 1 is 1.67 bits per heavy atom. The van der Waals surface area contributed by atoms with Crippen molar-refractivity contribution >= 4 is 0 Å². The monoisotopic (exact) mass is 126 g/mol. The molecule has 0 radical (unpaired) electrons. The van der Waals surface area contributed by atoms with E-state index < -0.39 is 0 Å². The Morgan fingerprint density at radius 3 is 2.56 bits per heavy atom. The van der Waals surface area contributed by atoms with Crippen LogP contribution in [-0.4, -0.2) is 12.7 Å². The van der Waals surface area contributed by atoms with Crippen LogP contribution < -0.4 is 0 Å². The molecule has 0 bridgehead atoms. The van der Waals surface area contributed by atoms with Gasteiger partial charge < -0.3 is 4.74 Å². The van der Waals surface area contributed by atoms with Gasteiger partial charge in [-0.3, -0.25) is 0 Å². The molecule has 9 heavy (non-hydrogen) atoms. The summed E-state index contributed by atoms with van der Waals surface area (Å²) in [4.78, 5) is 0. The maximum absolute atomic E-state index is 5.43. The molecule has 1 aliphatic rings. The molecule has 1 aliphatic heterocycles. The molecule has 1 atom stereocenters. The van der Waals surface area contributed by atoms with Crippen LogP contribution in [0.2, 0.25) is 0 Å². The van der Waals surface area contributed by atoms with E-state index >= 15 is 0 Å². The highest BCUT2D eigenvalue weighted by Gasteiger charge is 2.15. The molecule has 0 aromatic rings. The van der Waals surface area contributed by atoms with Crippen LogP contribution in [0.15, 0.2) is 11.6 Å². The molecular weight excluding hydrogens is 112 g/mol. The number of hydrogen-bond acceptors (Lipinski definition) is 1.